The monoisotopic (exact) mass is 417 g/mol. The lowest BCUT2D eigenvalue weighted by Gasteiger charge is -2.12. The third-order valence-corrected chi connectivity index (χ3v) is 5.70. The highest BCUT2D eigenvalue weighted by atomic mass is 19.1. The van der Waals surface area contributed by atoms with E-state index >= 15 is 0 Å². The molecule has 0 unspecified atom stereocenters. The second-order valence-corrected chi connectivity index (χ2v) is 7.81. The molecule has 0 radical (unpaired) electrons. The van der Waals surface area contributed by atoms with Crippen molar-refractivity contribution in [2.24, 2.45) is 14.1 Å². The predicted octanol–water partition coefficient (Wildman–Crippen LogP) is 3.10. The summed E-state index contributed by atoms with van der Waals surface area (Å²) < 4.78 is 19.6. The van der Waals surface area contributed by atoms with Gasteiger partial charge in [0, 0.05) is 25.9 Å². The summed E-state index contributed by atoms with van der Waals surface area (Å²) >= 11 is 0. The average Bonchev–Trinajstić information content (AvgIpc) is 3.28. The molecule has 0 aliphatic carbocycles. The molecule has 3 aromatic heterocycles. The van der Waals surface area contributed by atoms with Crippen LogP contribution >= 0.6 is 0 Å². The number of imidazole rings is 2. The highest BCUT2D eigenvalue weighted by molar-refractivity contribution is 5.79. The second kappa shape index (κ2) is 6.53. The maximum atomic E-state index is 13.6. The summed E-state index contributed by atoms with van der Waals surface area (Å²) in [5.74, 6) is 0.173. The summed E-state index contributed by atoms with van der Waals surface area (Å²) in [6.07, 6.45) is 1.81. The number of aryl methyl sites for hydroxylation is 3. The van der Waals surface area contributed by atoms with E-state index in [4.69, 9.17) is 0 Å². The van der Waals surface area contributed by atoms with Crippen LogP contribution in [-0.4, -0.2) is 23.1 Å². The Morgan fingerprint density at radius 3 is 2.32 bits per heavy atom. The van der Waals surface area contributed by atoms with Gasteiger partial charge in [0.15, 0.2) is 11.2 Å². The first-order valence-electron chi connectivity index (χ1n) is 9.81. The van der Waals surface area contributed by atoms with Crippen LogP contribution in [-0.2, 0) is 14.1 Å². The first-order chi connectivity index (χ1) is 14.8. The molecule has 0 saturated carbocycles. The SMILES string of the molecule is Cc1ccc(-n2c(-c3ccc(F)cc3)cn3c4c(=O)n(C)c(=O)n(C)c4nc23)c(C)c1. The predicted molar refractivity (Wildman–Crippen MR) is 117 cm³/mol. The fourth-order valence-electron chi connectivity index (χ4n) is 4.09. The van der Waals surface area contributed by atoms with Crippen molar-refractivity contribution in [1.82, 2.24) is 23.1 Å². The summed E-state index contributed by atoms with van der Waals surface area (Å²) in [7, 11) is 3.05. The molecule has 0 amide bonds. The summed E-state index contributed by atoms with van der Waals surface area (Å²) in [5.41, 5.74) is 4.33. The van der Waals surface area contributed by atoms with Gasteiger partial charge in [0.1, 0.15) is 5.82 Å². The minimum Gasteiger partial charge on any atom is -0.279 e. The van der Waals surface area contributed by atoms with Crippen LogP contribution in [0.15, 0.2) is 58.3 Å². The van der Waals surface area contributed by atoms with Crippen LogP contribution in [0.1, 0.15) is 11.1 Å². The van der Waals surface area contributed by atoms with Crippen LogP contribution in [0.4, 0.5) is 4.39 Å². The topological polar surface area (TPSA) is 66.2 Å². The van der Waals surface area contributed by atoms with Crippen LogP contribution in [0.2, 0.25) is 0 Å². The molecule has 5 aromatic rings. The molecule has 0 saturated heterocycles. The third-order valence-electron chi connectivity index (χ3n) is 5.70. The van der Waals surface area contributed by atoms with Gasteiger partial charge in [0.25, 0.3) is 5.56 Å². The molecule has 0 aliphatic rings. The number of halogens is 1. The molecule has 7 nitrogen and oxygen atoms in total. The second-order valence-electron chi connectivity index (χ2n) is 7.81. The van der Waals surface area contributed by atoms with Crippen molar-refractivity contribution < 1.29 is 4.39 Å². The maximum absolute atomic E-state index is 13.6. The molecule has 5 rings (SSSR count). The molecule has 0 atom stereocenters. The van der Waals surface area contributed by atoms with Crippen molar-refractivity contribution in [3.8, 4) is 16.9 Å². The summed E-state index contributed by atoms with van der Waals surface area (Å²) in [5, 5.41) is 0. The molecule has 2 aromatic carbocycles. The standard InChI is InChI=1S/C23H20FN5O2/c1-13-5-10-17(14(2)11-13)29-18(15-6-8-16(24)9-7-15)12-28-19-20(25-22(28)29)26(3)23(31)27(4)21(19)30/h5-12H,1-4H3. The average molecular weight is 417 g/mol. The Morgan fingerprint density at radius 1 is 0.935 bits per heavy atom. The van der Waals surface area contributed by atoms with Gasteiger partial charge in [-0.3, -0.25) is 22.9 Å². The van der Waals surface area contributed by atoms with E-state index in [2.05, 4.69) is 11.1 Å². The summed E-state index contributed by atoms with van der Waals surface area (Å²) in [4.78, 5) is 30.0. The van der Waals surface area contributed by atoms with Crippen molar-refractivity contribution >= 4 is 16.9 Å². The Kier molecular flexibility index (Phi) is 4.01. The normalized spacial score (nSPS) is 11.6. The van der Waals surface area contributed by atoms with Crippen LogP contribution in [0.5, 0.6) is 0 Å². The number of rotatable bonds is 2. The largest absolute Gasteiger partial charge is 0.332 e. The lowest BCUT2D eigenvalue weighted by atomic mass is 10.1. The van der Waals surface area contributed by atoms with Crippen LogP contribution < -0.4 is 11.2 Å². The molecule has 8 heteroatoms. The lowest BCUT2D eigenvalue weighted by molar-refractivity contribution is 0.628. The lowest BCUT2D eigenvalue weighted by Crippen LogP contribution is -2.37. The zero-order valence-electron chi connectivity index (χ0n) is 17.5. The summed E-state index contributed by atoms with van der Waals surface area (Å²) in [6, 6.07) is 12.3. The van der Waals surface area contributed by atoms with Gasteiger partial charge in [-0.15, -0.1) is 0 Å². The zero-order chi connectivity index (χ0) is 22.0. The Bertz CT molecular complexity index is 1620. The molecular formula is C23H20FN5O2. The number of fused-ring (bicyclic) bond motifs is 3. The van der Waals surface area contributed by atoms with Gasteiger partial charge in [-0.25, -0.2) is 9.18 Å². The van der Waals surface area contributed by atoms with Crippen molar-refractivity contribution in [3.05, 3.63) is 86.4 Å². The molecule has 0 spiro atoms. The molecule has 31 heavy (non-hydrogen) atoms. The minimum atomic E-state index is -0.435. The van der Waals surface area contributed by atoms with Crippen molar-refractivity contribution in [2.45, 2.75) is 13.8 Å². The molecule has 0 N–H and O–H groups in total. The number of aromatic nitrogens is 5. The van der Waals surface area contributed by atoms with E-state index in [0.29, 0.717) is 16.9 Å². The molecule has 3 heterocycles. The van der Waals surface area contributed by atoms with Gasteiger partial charge < -0.3 is 0 Å². The van der Waals surface area contributed by atoms with E-state index in [0.717, 1.165) is 32.6 Å². The van der Waals surface area contributed by atoms with Crippen LogP contribution in [0.3, 0.4) is 0 Å². The fourth-order valence-corrected chi connectivity index (χ4v) is 4.09. The minimum absolute atomic E-state index is 0.312. The number of hydrogen-bond acceptors (Lipinski definition) is 3. The fraction of sp³-hybridized carbons (Fsp3) is 0.174. The molecule has 0 aliphatic heterocycles. The van der Waals surface area contributed by atoms with Crippen molar-refractivity contribution in [3.63, 3.8) is 0 Å². The smallest absolute Gasteiger partial charge is 0.279 e. The first-order valence-corrected chi connectivity index (χ1v) is 9.81. The highest BCUT2D eigenvalue weighted by Gasteiger charge is 2.22. The van der Waals surface area contributed by atoms with Crippen LogP contribution in [0.25, 0.3) is 33.9 Å². The Labute approximate surface area is 176 Å². The molecule has 0 fully saturated rings. The van der Waals surface area contributed by atoms with E-state index < -0.39 is 11.2 Å². The molecule has 156 valence electrons. The first kappa shape index (κ1) is 19.0. The van der Waals surface area contributed by atoms with Gasteiger partial charge in [-0.1, -0.05) is 17.7 Å². The van der Waals surface area contributed by atoms with E-state index in [1.54, 1.807) is 23.6 Å². The van der Waals surface area contributed by atoms with E-state index in [1.165, 1.54) is 23.7 Å². The van der Waals surface area contributed by atoms with Crippen molar-refractivity contribution in [1.29, 1.82) is 0 Å². The zero-order valence-corrected chi connectivity index (χ0v) is 17.5. The quantitative estimate of drug-likeness (QED) is 0.443. The maximum Gasteiger partial charge on any atom is 0.332 e. The Balaban J connectivity index is 1.98. The number of benzene rings is 2. The Morgan fingerprint density at radius 2 is 1.65 bits per heavy atom. The van der Waals surface area contributed by atoms with E-state index in [9.17, 15) is 14.0 Å². The van der Waals surface area contributed by atoms with Gasteiger partial charge in [-0.05, 0) is 49.7 Å². The van der Waals surface area contributed by atoms with Crippen molar-refractivity contribution in [2.75, 3.05) is 0 Å². The van der Waals surface area contributed by atoms with E-state index in [1.807, 2.05) is 36.7 Å². The van der Waals surface area contributed by atoms with Gasteiger partial charge in [0.2, 0.25) is 5.78 Å². The Hall–Kier alpha value is -3.94. The van der Waals surface area contributed by atoms with E-state index in [-0.39, 0.29) is 5.82 Å². The van der Waals surface area contributed by atoms with Gasteiger partial charge in [0.05, 0.1) is 11.4 Å². The number of hydrogen-bond donors (Lipinski definition) is 0. The number of nitrogens with zero attached hydrogens (tertiary/aromatic N) is 5. The van der Waals surface area contributed by atoms with Gasteiger partial charge in [-0.2, -0.15) is 4.98 Å². The third kappa shape index (κ3) is 2.68. The highest BCUT2D eigenvalue weighted by Crippen LogP contribution is 2.30. The van der Waals surface area contributed by atoms with Crippen LogP contribution in [0, 0.1) is 19.7 Å². The molecule has 0 bridgehead atoms. The summed E-state index contributed by atoms with van der Waals surface area (Å²) in [6.45, 7) is 4.02. The van der Waals surface area contributed by atoms with Gasteiger partial charge >= 0.3 is 5.69 Å². The molecular weight excluding hydrogens is 397 g/mol.